The Labute approximate surface area is 116 Å². The smallest absolute Gasteiger partial charge is 0.387 e. The van der Waals surface area contributed by atoms with Gasteiger partial charge < -0.3 is 9.47 Å². The molecule has 104 valence electrons. The van der Waals surface area contributed by atoms with E-state index in [9.17, 15) is 18.4 Å². The fourth-order valence-electron chi connectivity index (χ4n) is 1.46. The number of hydrogen-bond donors (Lipinski definition) is 0. The third kappa shape index (κ3) is 4.59. The molecule has 0 bridgehead atoms. The van der Waals surface area contributed by atoms with Crippen molar-refractivity contribution >= 4 is 28.2 Å². The van der Waals surface area contributed by atoms with Gasteiger partial charge in [-0.3, -0.25) is 9.59 Å². The van der Waals surface area contributed by atoms with E-state index in [4.69, 9.17) is 4.74 Å². The Hall–Kier alpha value is -1.50. The molecular weight excluding hydrogens is 326 g/mol. The van der Waals surface area contributed by atoms with Crippen LogP contribution in [-0.4, -0.2) is 25.5 Å². The van der Waals surface area contributed by atoms with Gasteiger partial charge >= 0.3 is 12.6 Å². The Morgan fingerprint density at radius 2 is 2.16 bits per heavy atom. The molecule has 0 aliphatic carbocycles. The minimum atomic E-state index is -3.03. The van der Waals surface area contributed by atoms with Gasteiger partial charge in [0, 0.05) is 11.1 Å². The van der Waals surface area contributed by atoms with Gasteiger partial charge in [-0.2, -0.15) is 8.78 Å². The molecule has 0 atom stereocenters. The van der Waals surface area contributed by atoms with Crippen molar-refractivity contribution < 1.29 is 27.8 Å². The van der Waals surface area contributed by atoms with Crippen LogP contribution in [0, 0.1) is 0 Å². The third-order valence-electron chi connectivity index (χ3n) is 2.13. The first-order chi connectivity index (χ1) is 8.97. The summed E-state index contributed by atoms with van der Waals surface area (Å²) in [4.78, 5) is 22.1. The van der Waals surface area contributed by atoms with E-state index in [2.05, 4.69) is 20.7 Å². The molecule has 0 heterocycles. The van der Waals surface area contributed by atoms with Crippen LogP contribution in [0.3, 0.4) is 0 Å². The van der Waals surface area contributed by atoms with Crippen LogP contribution in [0.5, 0.6) is 5.75 Å². The average Bonchev–Trinajstić information content (AvgIpc) is 2.33. The summed E-state index contributed by atoms with van der Waals surface area (Å²) in [5, 5.41) is 0. The highest BCUT2D eigenvalue weighted by Crippen LogP contribution is 2.32. The monoisotopic (exact) mass is 336 g/mol. The second-order valence-electron chi connectivity index (χ2n) is 3.47. The number of ether oxygens (including phenoxy) is 2. The van der Waals surface area contributed by atoms with Crippen molar-refractivity contribution in [2.45, 2.75) is 20.0 Å². The maximum atomic E-state index is 12.3. The molecule has 0 saturated heterocycles. The molecule has 7 heteroatoms. The molecule has 1 aromatic carbocycles. The van der Waals surface area contributed by atoms with E-state index in [0.717, 1.165) is 0 Å². The zero-order valence-corrected chi connectivity index (χ0v) is 11.6. The van der Waals surface area contributed by atoms with Crippen LogP contribution in [0.1, 0.15) is 22.8 Å². The van der Waals surface area contributed by atoms with Crippen LogP contribution >= 0.6 is 15.9 Å². The van der Waals surface area contributed by atoms with E-state index in [1.807, 2.05) is 0 Å². The van der Waals surface area contributed by atoms with E-state index >= 15 is 0 Å². The molecule has 0 N–H and O–H groups in total. The van der Waals surface area contributed by atoms with E-state index in [-0.39, 0.29) is 34.4 Å². The number of carbonyl (C=O) groups excluding carboxylic acids is 2. The average molecular weight is 337 g/mol. The fraction of sp³-hybridized carbons (Fsp3) is 0.333. The van der Waals surface area contributed by atoms with Gasteiger partial charge in [-0.25, -0.2) is 0 Å². The molecule has 0 spiro atoms. The highest BCUT2D eigenvalue weighted by molar-refractivity contribution is 9.10. The normalized spacial score (nSPS) is 10.4. The molecule has 4 nitrogen and oxygen atoms in total. The minimum absolute atomic E-state index is 0.162. The van der Waals surface area contributed by atoms with E-state index < -0.39 is 12.6 Å². The maximum absolute atomic E-state index is 12.3. The van der Waals surface area contributed by atoms with Gasteiger partial charge in [0.1, 0.15) is 12.0 Å². The van der Waals surface area contributed by atoms with Crippen molar-refractivity contribution in [1.82, 2.24) is 0 Å². The van der Waals surface area contributed by atoms with Crippen LogP contribution in [-0.2, 0) is 16.0 Å². The Bertz CT molecular complexity index is 477. The number of rotatable bonds is 6. The topological polar surface area (TPSA) is 52.6 Å². The van der Waals surface area contributed by atoms with Crippen LogP contribution in [0.25, 0.3) is 0 Å². The Balaban J connectivity index is 3.12. The summed E-state index contributed by atoms with van der Waals surface area (Å²) in [5.41, 5.74) is 0.406. The van der Waals surface area contributed by atoms with Gasteiger partial charge in [0.15, 0.2) is 0 Å². The van der Waals surface area contributed by atoms with Gasteiger partial charge in [0.2, 0.25) is 0 Å². The Kier molecular flexibility index (Phi) is 5.88. The Morgan fingerprint density at radius 3 is 2.68 bits per heavy atom. The van der Waals surface area contributed by atoms with Crippen molar-refractivity contribution in [2.24, 2.45) is 0 Å². The second kappa shape index (κ2) is 7.18. The molecule has 0 aromatic heterocycles. The summed E-state index contributed by atoms with van der Waals surface area (Å²) in [6, 6.07) is 2.64. The standard InChI is InChI=1S/C12H11BrF2O4/c1-2-18-10(17)5-8-3-7(6-16)4-9(13)11(8)19-12(14)15/h3-4,6,12H,2,5H2,1H3. The SMILES string of the molecule is CCOC(=O)Cc1cc(C=O)cc(Br)c1OC(F)F. The molecule has 0 amide bonds. The lowest BCUT2D eigenvalue weighted by Crippen LogP contribution is -2.11. The number of benzene rings is 1. The molecule has 0 radical (unpaired) electrons. The number of aldehydes is 1. The quantitative estimate of drug-likeness (QED) is 0.592. The lowest BCUT2D eigenvalue weighted by Gasteiger charge is -2.13. The molecule has 0 aliphatic rings. The lowest BCUT2D eigenvalue weighted by atomic mass is 10.1. The van der Waals surface area contributed by atoms with Crippen LogP contribution in [0.15, 0.2) is 16.6 Å². The minimum Gasteiger partial charge on any atom is -0.466 e. The number of alkyl halides is 2. The largest absolute Gasteiger partial charge is 0.466 e. The number of carbonyl (C=O) groups is 2. The van der Waals surface area contributed by atoms with Crippen molar-refractivity contribution in [2.75, 3.05) is 6.61 Å². The first-order valence-electron chi connectivity index (χ1n) is 5.36. The highest BCUT2D eigenvalue weighted by Gasteiger charge is 2.17. The highest BCUT2D eigenvalue weighted by atomic mass is 79.9. The second-order valence-corrected chi connectivity index (χ2v) is 4.32. The van der Waals surface area contributed by atoms with E-state index in [0.29, 0.717) is 6.29 Å². The summed E-state index contributed by atoms with van der Waals surface area (Å²) in [6.45, 7) is -1.22. The number of hydrogen-bond acceptors (Lipinski definition) is 4. The Morgan fingerprint density at radius 1 is 1.47 bits per heavy atom. The van der Waals surface area contributed by atoms with Crippen molar-refractivity contribution in [3.05, 3.63) is 27.7 Å². The van der Waals surface area contributed by atoms with Gasteiger partial charge in [0.05, 0.1) is 17.5 Å². The predicted molar refractivity (Wildman–Crippen MR) is 66.5 cm³/mol. The zero-order chi connectivity index (χ0) is 14.4. The zero-order valence-electron chi connectivity index (χ0n) is 9.99. The van der Waals surface area contributed by atoms with Gasteiger partial charge in [-0.05, 0) is 35.0 Å². The molecule has 1 aromatic rings. The first kappa shape index (κ1) is 15.6. The van der Waals surface area contributed by atoms with Crippen LogP contribution in [0.4, 0.5) is 8.78 Å². The van der Waals surface area contributed by atoms with Crippen LogP contribution in [0.2, 0.25) is 0 Å². The van der Waals surface area contributed by atoms with Gasteiger partial charge in [-0.15, -0.1) is 0 Å². The molecule has 19 heavy (non-hydrogen) atoms. The number of esters is 1. The molecular formula is C12H11BrF2O4. The summed E-state index contributed by atoms with van der Waals surface area (Å²) in [7, 11) is 0. The molecule has 0 aliphatic heterocycles. The summed E-state index contributed by atoms with van der Waals surface area (Å²) in [5.74, 6) is -0.759. The van der Waals surface area contributed by atoms with E-state index in [1.165, 1.54) is 12.1 Å². The molecule has 0 fully saturated rings. The van der Waals surface area contributed by atoms with Gasteiger partial charge in [0.25, 0.3) is 0 Å². The van der Waals surface area contributed by atoms with Crippen molar-refractivity contribution in [3.8, 4) is 5.75 Å². The van der Waals surface area contributed by atoms with Crippen molar-refractivity contribution in [1.29, 1.82) is 0 Å². The summed E-state index contributed by atoms with van der Waals surface area (Å²) in [6.07, 6.45) is 0.293. The van der Waals surface area contributed by atoms with Gasteiger partial charge in [-0.1, -0.05) is 0 Å². The van der Waals surface area contributed by atoms with Crippen LogP contribution < -0.4 is 4.74 Å². The lowest BCUT2D eigenvalue weighted by molar-refractivity contribution is -0.142. The maximum Gasteiger partial charge on any atom is 0.387 e. The first-order valence-corrected chi connectivity index (χ1v) is 6.15. The summed E-state index contributed by atoms with van der Waals surface area (Å²) >= 11 is 3.03. The van der Waals surface area contributed by atoms with Crippen molar-refractivity contribution in [3.63, 3.8) is 0 Å². The molecule has 1 rings (SSSR count). The fourth-order valence-corrected chi connectivity index (χ4v) is 2.07. The molecule has 0 saturated carbocycles. The van der Waals surface area contributed by atoms with E-state index in [1.54, 1.807) is 6.92 Å². The third-order valence-corrected chi connectivity index (χ3v) is 2.72. The molecule has 0 unspecified atom stereocenters. The summed E-state index contributed by atoms with van der Waals surface area (Å²) < 4.78 is 33.9. The predicted octanol–water partition coefficient (Wildman–Crippen LogP) is 2.97. The number of halogens is 3.